The van der Waals surface area contributed by atoms with Crippen molar-refractivity contribution in [2.45, 2.75) is 24.7 Å². The molecule has 1 unspecified atom stereocenters. The number of rotatable bonds is 6. The lowest BCUT2D eigenvalue weighted by atomic mass is 10.0. The molecular weight excluding hydrogens is 428 g/mol. The summed E-state index contributed by atoms with van der Waals surface area (Å²) in [5, 5.41) is 2.84. The number of carbonyl (C=O) groups is 1. The van der Waals surface area contributed by atoms with Crippen LogP contribution >= 0.6 is 11.6 Å². The smallest absolute Gasteiger partial charge is 0.255 e. The maximum absolute atomic E-state index is 13.1. The van der Waals surface area contributed by atoms with E-state index in [0.717, 1.165) is 12.8 Å². The Morgan fingerprint density at radius 1 is 1.13 bits per heavy atom. The summed E-state index contributed by atoms with van der Waals surface area (Å²) in [6, 6.07) is 9.22. The minimum Gasteiger partial charge on any atom is -0.493 e. The molecule has 0 saturated carbocycles. The first-order chi connectivity index (χ1) is 14.3. The molecule has 3 rings (SSSR count). The number of halogens is 1. The van der Waals surface area contributed by atoms with Crippen LogP contribution in [0.1, 0.15) is 30.1 Å². The fraction of sp³-hybridized carbons (Fsp3) is 0.381. The second-order valence-corrected chi connectivity index (χ2v) is 9.59. The lowest BCUT2D eigenvalue weighted by molar-refractivity contribution is 0.102. The van der Waals surface area contributed by atoms with Gasteiger partial charge >= 0.3 is 0 Å². The Morgan fingerprint density at radius 3 is 2.53 bits per heavy atom. The molecule has 0 spiro atoms. The van der Waals surface area contributed by atoms with E-state index in [4.69, 9.17) is 21.1 Å². The Morgan fingerprint density at radius 2 is 1.87 bits per heavy atom. The number of nitrogens with zero attached hydrogens (tertiary/aromatic N) is 1. The summed E-state index contributed by atoms with van der Waals surface area (Å²) in [6.07, 6.45) is 1.80. The second kappa shape index (κ2) is 9.24. The summed E-state index contributed by atoms with van der Waals surface area (Å²) in [5.74, 6) is 0.825. The summed E-state index contributed by atoms with van der Waals surface area (Å²) in [7, 11) is -0.765. The van der Waals surface area contributed by atoms with E-state index in [9.17, 15) is 13.2 Å². The number of benzene rings is 2. The van der Waals surface area contributed by atoms with Gasteiger partial charge in [-0.15, -0.1) is 0 Å². The number of ether oxygens (including phenoxy) is 2. The highest BCUT2D eigenvalue weighted by Gasteiger charge is 2.31. The fourth-order valence-corrected chi connectivity index (χ4v) is 5.56. The van der Waals surface area contributed by atoms with Crippen LogP contribution in [0.15, 0.2) is 41.3 Å². The first-order valence-corrected chi connectivity index (χ1v) is 11.4. The number of piperidine rings is 1. The van der Waals surface area contributed by atoms with Crippen LogP contribution in [0.3, 0.4) is 0 Å². The number of anilines is 1. The number of sulfonamides is 1. The molecule has 30 heavy (non-hydrogen) atoms. The van der Waals surface area contributed by atoms with E-state index in [1.807, 2.05) is 6.92 Å². The van der Waals surface area contributed by atoms with E-state index in [0.29, 0.717) is 30.3 Å². The number of amides is 1. The predicted octanol–water partition coefficient (Wildman–Crippen LogP) is 4.03. The van der Waals surface area contributed by atoms with E-state index in [2.05, 4.69) is 5.32 Å². The first-order valence-electron chi connectivity index (χ1n) is 9.59. The molecule has 2 aromatic carbocycles. The molecule has 162 valence electrons. The number of nitrogens with one attached hydrogen (secondary N) is 1. The molecule has 1 atom stereocenters. The van der Waals surface area contributed by atoms with Gasteiger partial charge in [0.25, 0.3) is 5.91 Å². The van der Waals surface area contributed by atoms with Gasteiger partial charge in [0.05, 0.1) is 19.2 Å². The fourth-order valence-electron chi connectivity index (χ4n) is 3.46. The van der Waals surface area contributed by atoms with Gasteiger partial charge in [0, 0.05) is 30.4 Å². The SMILES string of the molecule is COc1ccc(NC(=O)c2ccc(Cl)c(S(=O)(=O)N3CCCC(C)C3)c2)cc1OC. The molecule has 1 fully saturated rings. The van der Waals surface area contributed by atoms with Crippen LogP contribution in [0.4, 0.5) is 5.69 Å². The van der Waals surface area contributed by atoms with E-state index in [-0.39, 0.29) is 21.4 Å². The Hall–Kier alpha value is -2.29. The van der Waals surface area contributed by atoms with E-state index in [1.54, 1.807) is 18.2 Å². The molecule has 1 N–H and O–H groups in total. The van der Waals surface area contributed by atoms with Crippen LogP contribution in [0, 0.1) is 5.92 Å². The molecule has 1 aliphatic rings. The van der Waals surface area contributed by atoms with Crippen molar-refractivity contribution in [3.05, 3.63) is 47.0 Å². The largest absolute Gasteiger partial charge is 0.493 e. The molecule has 1 amide bonds. The maximum Gasteiger partial charge on any atom is 0.255 e. The molecule has 9 heteroatoms. The Balaban J connectivity index is 1.86. The molecule has 0 aromatic heterocycles. The van der Waals surface area contributed by atoms with Crippen molar-refractivity contribution in [3.8, 4) is 11.5 Å². The van der Waals surface area contributed by atoms with Crippen molar-refractivity contribution in [1.29, 1.82) is 0 Å². The van der Waals surface area contributed by atoms with Crippen LogP contribution in [-0.4, -0.2) is 45.9 Å². The molecule has 1 saturated heterocycles. The molecule has 1 heterocycles. The van der Waals surface area contributed by atoms with Gasteiger partial charge in [-0.2, -0.15) is 4.31 Å². The number of methoxy groups -OCH3 is 2. The van der Waals surface area contributed by atoms with E-state index in [1.165, 1.54) is 36.7 Å². The average molecular weight is 453 g/mol. The third kappa shape index (κ3) is 4.71. The minimum absolute atomic E-state index is 0.0572. The van der Waals surface area contributed by atoms with Crippen LogP contribution in [-0.2, 0) is 10.0 Å². The number of hydrogen-bond acceptors (Lipinski definition) is 5. The van der Waals surface area contributed by atoms with Crippen molar-refractivity contribution in [1.82, 2.24) is 4.31 Å². The first kappa shape index (κ1) is 22.4. The molecule has 0 radical (unpaired) electrons. The van der Waals surface area contributed by atoms with E-state index >= 15 is 0 Å². The highest BCUT2D eigenvalue weighted by Crippen LogP contribution is 2.31. The molecular formula is C21H25ClN2O5S. The van der Waals surface area contributed by atoms with Gasteiger partial charge < -0.3 is 14.8 Å². The van der Waals surface area contributed by atoms with Crippen molar-refractivity contribution in [2.75, 3.05) is 32.6 Å². The molecule has 0 aliphatic carbocycles. The number of carbonyl (C=O) groups excluding carboxylic acids is 1. The quantitative estimate of drug-likeness (QED) is 0.715. The zero-order chi connectivity index (χ0) is 21.9. The summed E-state index contributed by atoms with van der Waals surface area (Å²) in [5.41, 5.74) is 0.680. The minimum atomic E-state index is -3.79. The third-order valence-electron chi connectivity index (χ3n) is 5.07. The van der Waals surface area contributed by atoms with Crippen LogP contribution in [0.2, 0.25) is 5.02 Å². The van der Waals surface area contributed by atoms with Gasteiger partial charge in [-0.25, -0.2) is 8.42 Å². The van der Waals surface area contributed by atoms with Gasteiger partial charge in [0.1, 0.15) is 4.90 Å². The molecule has 7 nitrogen and oxygen atoms in total. The second-order valence-electron chi connectivity index (χ2n) is 7.28. The van der Waals surface area contributed by atoms with Gasteiger partial charge in [0.15, 0.2) is 11.5 Å². The average Bonchev–Trinajstić information content (AvgIpc) is 2.73. The molecule has 1 aliphatic heterocycles. The Bertz CT molecular complexity index is 1040. The van der Waals surface area contributed by atoms with Crippen LogP contribution in [0.5, 0.6) is 11.5 Å². The normalized spacial score (nSPS) is 17.4. The van der Waals surface area contributed by atoms with Gasteiger partial charge in [-0.05, 0) is 49.1 Å². The highest BCUT2D eigenvalue weighted by atomic mass is 35.5. The van der Waals surface area contributed by atoms with Gasteiger partial charge in [0.2, 0.25) is 10.0 Å². The third-order valence-corrected chi connectivity index (χ3v) is 7.42. The summed E-state index contributed by atoms with van der Waals surface area (Å²) < 4.78 is 38.1. The van der Waals surface area contributed by atoms with Gasteiger partial charge in [-0.1, -0.05) is 18.5 Å². The maximum atomic E-state index is 13.1. The summed E-state index contributed by atoms with van der Waals surface area (Å²) >= 11 is 6.21. The zero-order valence-electron chi connectivity index (χ0n) is 17.1. The van der Waals surface area contributed by atoms with Crippen molar-refractivity contribution < 1.29 is 22.7 Å². The summed E-state index contributed by atoms with van der Waals surface area (Å²) in [4.78, 5) is 12.7. The van der Waals surface area contributed by atoms with E-state index < -0.39 is 15.9 Å². The zero-order valence-corrected chi connectivity index (χ0v) is 18.7. The molecule has 0 bridgehead atoms. The standard InChI is InChI=1S/C21H25ClN2O5S/c1-14-5-4-10-24(13-14)30(26,27)20-11-15(6-8-17(20)22)21(25)23-16-7-9-18(28-2)19(12-16)29-3/h6-9,11-12,14H,4-5,10,13H2,1-3H3,(H,23,25). The van der Waals surface area contributed by atoms with Crippen molar-refractivity contribution in [3.63, 3.8) is 0 Å². The monoisotopic (exact) mass is 452 g/mol. The lowest BCUT2D eigenvalue weighted by Crippen LogP contribution is -2.39. The van der Waals surface area contributed by atoms with Crippen molar-refractivity contribution >= 4 is 33.2 Å². The predicted molar refractivity (Wildman–Crippen MR) is 116 cm³/mol. The van der Waals surface area contributed by atoms with Crippen LogP contribution < -0.4 is 14.8 Å². The Labute approximate surface area is 182 Å². The molecule has 2 aromatic rings. The topological polar surface area (TPSA) is 84.9 Å². The van der Waals surface area contributed by atoms with Gasteiger partial charge in [-0.3, -0.25) is 4.79 Å². The Kier molecular flexibility index (Phi) is 6.90. The highest BCUT2D eigenvalue weighted by molar-refractivity contribution is 7.89. The van der Waals surface area contributed by atoms with Crippen LogP contribution in [0.25, 0.3) is 0 Å². The van der Waals surface area contributed by atoms with Crippen molar-refractivity contribution in [2.24, 2.45) is 5.92 Å². The number of hydrogen-bond donors (Lipinski definition) is 1. The summed E-state index contributed by atoms with van der Waals surface area (Å²) in [6.45, 7) is 2.92. The lowest BCUT2D eigenvalue weighted by Gasteiger charge is -2.30.